The minimum absolute atomic E-state index is 0.250. The van der Waals surface area contributed by atoms with Crippen LogP contribution in [0.25, 0.3) is 0 Å². The standard InChI is InChI=1S/C17H32N2O/c18-19-16(14-7-4-2-1-3-5-8-14)15-9-12-20-17(13-15)10-6-11-17/h14-16,19H,1-13,18H2. The fourth-order valence-electron chi connectivity index (χ4n) is 4.80. The molecular weight excluding hydrogens is 248 g/mol. The molecule has 3 heteroatoms. The third-order valence-corrected chi connectivity index (χ3v) is 6.15. The summed E-state index contributed by atoms with van der Waals surface area (Å²) in [6.45, 7) is 0.954. The van der Waals surface area contributed by atoms with E-state index in [0.717, 1.165) is 18.4 Å². The van der Waals surface area contributed by atoms with Crippen LogP contribution < -0.4 is 11.3 Å². The Morgan fingerprint density at radius 1 is 0.900 bits per heavy atom. The highest BCUT2D eigenvalue weighted by Gasteiger charge is 2.45. The molecule has 116 valence electrons. The molecule has 3 aliphatic rings. The van der Waals surface area contributed by atoms with E-state index in [9.17, 15) is 0 Å². The van der Waals surface area contributed by atoms with Crippen molar-refractivity contribution in [2.24, 2.45) is 17.7 Å². The molecule has 0 amide bonds. The minimum Gasteiger partial charge on any atom is -0.375 e. The van der Waals surface area contributed by atoms with Gasteiger partial charge in [-0.05, 0) is 56.8 Å². The van der Waals surface area contributed by atoms with Gasteiger partial charge in [-0.25, -0.2) is 0 Å². The van der Waals surface area contributed by atoms with E-state index in [1.54, 1.807) is 0 Å². The van der Waals surface area contributed by atoms with Gasteiger partial charge in [0.15, 0.2) is 0 Å². The van der Waals surface area contributed by atoms with Gasteiger partial charge in [0.2, 0.25) is 0 Å². The molecule has 3 nitrogen and oxygen atoms in total. The predicted octanol–water partition coefficient (Wildman–Crippen LogP) is 3.53. The molecule has 2 aliphatic carbocycles. The third-order valence-electron chi connectivity index (χ3n) is 6.15. The maximum absolute atomic E-state index is 6.09. The van der Waals surface area contributed by atoms with E-state index in [2.05, 4.69) is 5.43 Å². The molecule has 3 fully saturated rings. The molecule has 2 atom stereocenters. The summed E-state index contributed by atoms with van der Waals surface area (Å²) in [5, 5.41) is 0. The highest BCUT2D eigenvalue weighted by atomic mass is 16.5. The lowest BCUT2D eigenvalue weighted by Crippen LogP contribution is -2.53. The van der Waals surface area contributed by atoms with Gasteiger partial charge in [-0.2, -0.15) is 0 Å². The molecule has 1 spiro atoms. The summed E-state index contributed by atoms with van der Waals surface area (Å²) in [4.78, 5) is 0. The molecule has 2 unspecified atom stereocenters. The SMILES string of the molecule is NNC(C1CCCCCCC1)C1CCOC2(CCC2)C1. The molecule has 1 aliphatic heterocycles. The Balaban J connectivity index is 1.61. The molecule has 0 radical (unpaired) electrons. The zero-order chi connectivity index (χ0) is 13.8. The third kappa shape index (κ3) is 3.20. The van der Waals surface area contributed by atoms with Gasteiger partial charge in [-0.3, -0.25) is 11.3 Å². The van der Waals surface area contributed by atoms with Gasteiger partial charge in [-0.1, -0.05) is 32.1 Å². The fraction of sp³-hybridized carbons (Fsp3) is 1.00. The van der Waals surface area contributed by atoms with Crippen LogP contribution in [0.3, 0.4) is 0 Å². The molecule has 1 saturated heterocycles. The van der Waals surface area contributed by atoms with Gasteiger partial charge in [-0.15, -0.1) is 0 Å². The Morgan fingerprint density at radius 3 is 2.20 bits per heavy atom. The van der Waals surface area contributed by atoms with Crippen molar-refractivity contribution in [2.45, 2.75) is 88.7 Å². The number of ether oxygens (including phenoxy) is 1. The van der Waals surface area contributed by atoms with Crippen LogP contribution in [-0.4, -0.2) is 18.2 Å². The lowest BCUT2D eigenvalue weighted by atomic mass is 9.68. The minimum atomic E-state index is 0.250. The van der Waals surface area contributed by atoms with Crippen molar-refractivity contribution in [3.8, 4) is 0 Å². The molecule has 0 aromatic heterocycles. The molecule has 0 bridgehead atoms. The van der Waals surface area contributed by atoms with Gasteiger partial charge >= 0.3 is 0 Å². The van der Waals surface area contributed by atoms with Gasteiger partial charge < -0.3 is 4.74 Å². The molecule has 2 saturated carbocycles. The van der Waals surface area contributed by atoms with E-state index in [0.29, 0.717) is 6.04 Å². The lowest BCUT2D eigenvalue weighted by Gasteiger charge is -2.49. The number of rotatable bonds is 3. The maximum atomic E-state index is 6.09. The summed E-state index contributed by atoms with van der Waals surface area (Å²) in [5.74, 6) is 7.51. The number of hydrogen-bond donors (Lipinski definition) is 2. The molecule has 3 N–H and O–H groups in total. The van der Waals surface area contributed by atoms with E-state index >= 15 is 0 Å². The van der Waals surface area contributed by atoms with Crippen LogP contribution in [0.5, 0.6) is 0 Å². The molecule has 1 heterocycles. The van der Waals surface area contributed by atoms with Crippen LogP contribution in [0.15, 0.2) is 0 Å². The van der Waals surface area contributed by atoms with E-state index in [-0.39, 0.29) is 5.60 Å². The number of hydrazine groups is 1. The monoisotopic (exact) mass is 280 g/mol. The Morgan fingerprint density at radius 2 is 1.60 bits per heavy atom. The number of nitrogens with one attached hydrogen (secondary N) is 1. The second-order valence-electron chi connectivity index (χ2n) is 7.44. The van der Waals surface area contributed by atoms with Gasteiger partial charge in [0.25, 0.3) is 0 Å². The Labute approximate surface area is 124 Å². The van der Waals surface area contributed by atoms with Crippen molar-refractivity contribution in [1.82, 2.24) is 5.43 Å². The van der Waals surface area contributed by atoms with Crippen molar-refractivity contribution < 1.29 is 4.74 Å². The normalized spacial score (nSPS) is 33.1. The summed E-state index contributed by atoms with van der Waals surface area (Å²) in [5.41, 5.74) is 3.47. The summed E-state index contributed by atoms with van der Waals surface area (Å²) in [6, 6.07) is 0.523. The molecule has 0 aromatic rings. The predicted molar refractivity (Wildman–Crippen MR) is 82.2 cm³/mol. The van der Waals surface area contributed by atoms with E-state index in [4.69, 9.17) is 10.6 Å². The first kappa shape index (κ1) is 14.8. The Hall–Kier alpha value is -0.120. The van der Waals surface area contributed by atoms with Crippen molar-refractivity contribution in [2.75, 3.05) is 6.61 Å². The van der Waals surface area contributed by atoms with E-state index in [1.807, 2.05) is 0 Å². The van der Waals surface area contributed by atoms with Crippen molar-refractivity contribution in [1.29, 1.82) is 0 Å². The van der Waals surface area contributed by atoms with Crippen LogP contribution in [0.2, 0.25) is 0 Å². The number of nitrogens with two attached hydrogens (primary N) is 1. The molecule has 3 rings (SSSR count). The molecule has 20 heavy (non-hydrogen) atoms. The van der Waals surface area contributed by atoms with Crippen LogP contribution >= 0.6 is 0 Å². The largest absolute Gasteiger partial charge is 0.375 e. The summed E-state index contributed by atoms with van der Waals surface area (Å²) < 4.78 is 6.09. The zero-order valence-corrected chi connectivity index (χ0v) is 12.9. The molecular formula is C17H32N2O. The van der Waals surface area contributed by atoms with Gasteiger partial charge in [0.1, 0.15) is 0 Å². The highest BCUT2D eigenvalue weighted by molar-refractivity contribution is 4.97. The van der Waals surface area contributed by atoms with E-state index in [1.165, 1.54) is 77.0 Å². The van der Waals surface area contributed by atoms with Crippen molar-refractivity contribution in [3.63, 3.8) is 0 Å². The quantitative estimate of drug-likeness (QED) is 0.614. The van der Waals surface area contributed by atoms with Gasteiger partial charge in [0.05, 0.1) is 5.60 Å². The summed E-state index contributed by atoms with van der Waals surface area (Å²) >= 11 is 0. The lowest BCUT2D eigenvalue weighted by molar-refractivity contribution is -0.149. The Kier molecular flexibility index (Phi) is 5.00. The highest BCUT2D eigenvalue weighted by Crippen LogP contribution is 2.46. The molecule has 0 aromatic carbocycles. The summed E-state index contributed by atoms with van der Waals surface area (Å²) in [6.07, 6.45) is 16.2. The van der Waals surface area contributed by atoms with Crippen LogP contribution in [0.4, 0.5) is 0 Å². The zero-order valence-electron chi connectivity index (χ0n) is 12.9. The van der Waals surface area contributed by atoms with Crippen molar-refractivity contribution >= 4 is 0 Å². The van der Waals surface area contributed by atoms with Crippen LogP contribution in [0, 0.1) is 11.8 Å². The fourth-order valence-corrected chi connectivity index (χ4v) is 4.80. The van der Waals surface area contributed by atoms with Crippen LogP contribution in [-0.2, 0) is 4.74 Å². The van der Waals surface area contributed by atoms with Crippen molar-refractivity contribution in [3.05, 3.63) is 0 Å². The number of hydrogen-bond acceptors (Lipinski definition) is 3. The first-order chi connectivity index (χ1) is 9.83. The smallest absolute Gasteiger partial charge is 0.0685 e. The Bertz CT molecular complexity index is 295. The topological polar surface area (TPSA) is 47.3 Å². The maximum Gasteiger partial charge on any atom is 0.0685 e. The van der Waals surface area contributed by atoms with Crippen LogP contribution in [0.1, 0.15) is 77.0 Å². The first-order valence-corrected chi connectivity index (χ1v) is 8.93. The average molecular weight is 280 g/mol. The second kappa shape index (κ2) is 6.76. The second-order valence-corrected chi connectivity index (χ2v) is 7.44. The van der Waals surface area contributed by atoms with E-state index < -0.39 is 0 Å². The average Bonchev–Trinajstić information content (AvgIpc) is 2.40. The summed E-state index contributed by atoms with van der Waals surface area (Å²) in [7, 11) is 0. The van der Waals surface area contributed by atoms with Gasteiger partial charge in [0, 0.05) is 12.6 Å². The first-order valence-electron chi connectivity index (χ1n) is 8.93.